The van der Waals surface area contributed by atoms with E-state index in [9.17, 15) is 0 Å². The minimum Gasteiger partial charge on any atom is -0.459 e. The third kappa shape index (κ3) is 2.38. The summed E-state index contributed by atoms with van der Waals surface area (Å²) < 4.78 is 5.81. The molecule has 0 bridgehead atoms. The molecule has 1 atom stereocenters. The molecule has 2 aromatic heterocycles. The van der Waals surface area contributed by atoms with Crippen LogP contribution in [0.15, 0.2) is 40.9 Å². The molecule has 0 amide bonds. The van der Waals surface area contributed by atoms with E-state index in [0.717, 1.165) is 16.7 Å². The number of aromatic nitrogens is 2. The van der Waals surface area contributed by atoms with E-state index in [2.05, 4.69) is 15.4 Å². The Morgan fingerprint density at radius 1 is 1.30 bits per heavy atom. The highest BCUT2D eigenvalue weighted by Crippen LogP contribution is 2.28. The number of nitrogens with one attached hydrogen (secondary N) is 1. The molecule has 6 heteroatoms. The van der Waals surface area contributed by atoms with Gasteiger partial charge in [0.15, 0.2) is 0 Å². The average Bonchev–Trinajstić information content (AvgIpc) is 2.82. The van der Waals surface area contributed by atoms with Crippen molar-refractivity contribution in [2.24, 2.45) is 5.84 Å². The van der Waals surface area contributed by atoms with Crippen LogP contribution < -0.4 is 11.3 Å². The Balaban J connectivity index is 2.07. The molecule has 2 heterocycles. The first-order valence-electron chi connectivity index (χ1n) is 6.12. The molecular weight excluding hydrogens is 276 g/mol. The molecular formula is C14H13ClN4O. The van der Waals surface area contributed by atoms with Crippen LogP contribution >= 0.6 is 11.6 Å². The first-order chi connectivity index (χ1) is 9.67. The number of hydrogen-bond donors (Lipinski definition) is 2. The Hall–Kier alpha value is -1.95. The van der Waals surface area contributed by atoms with E-state index >= 15 is 0 Å². The lowest BCUT2D eigenvalue weighted by Gasteiger charge is -2.12. The second kappa shape index (κ2) is 5.20. The van der Waals surface area contributed by atoms with Gasteiger partial charge in [-0.15, -0.1) is 0 Å². The van der Waals surface area contributed by atoms with Crippen molar-refractivity contribution in [2.45, 2.75) is 13.0 Å². The molecule has 0 saturated heterocycles. The van der Waals surface area contributed by atoms with Crippen molar-refractivity contribution >= 4 is 22.6 Å². The fourth-order valence-corrected chi connectivity index (χ4v) is 2.31. The number of halogens is 1. The number of benzene rings is 1. The second-order valence-electron chi connectivity index (χ2n) is 4.46. The Kier molecular flexibility index (Phi) is 3.40. The standard InChI is InChI=1S/C14H13ClN4O/c1-8-17-5-4-11(18-8)14(19-16)13-7-9-6-10(15)2-3-12(9)20-13/h2-7,14,19H,16H2,1H3. The van der Waals surface area contributed by atoms with Gasteiger partial charge in [0, 0.05) is 16.6 Å². The van der Waals surface area contributed by atoms with Crippen LogP contribution in [0.1, 0.15) is 23.3 Å². The van der Waals surface area contributed by atoms with Crippen LogP contribution in [0.4, 0.5) is 0 Å². The van der Waals surface area contributed by atoms with Crippen LogP contribution in [-0.2, 0) is 0 Å². The largest absolute Gasteiger partial charge is 0.459 e. The summed E-state index contributed by atoms with van der Waals surface area (Å²) in [4.78, 5) is 8.45. The fraction of sp³-hybridized carbons (Fsp3) is 0.143. The van der Waals surface area contributed by atoms with Gasteiger partial charge in [0.05, 0.1) is 5.69 Å². The second-order valence-corrected chi connectivity index (χ2v) is 4.90. The zero-order valence-corrected chi connectivity index (χ0v) is 11.6. The van der Waals surface area contributed by atoms with Crippen LogP contribution in [0, 0.1) is 6.92 Å². The van der Waals surface area contributed by atoms with Gasteiger partial charge in [-0.3, -0.25) is 5.84 Å². The van der Waals surface area contributed by atoms with Gasteiger partial charge < -0.3 is 4.42 Å². The molecule has 0 spiro atoms. The van der Waals surface area contributed by atoms with Gasteiger partial charge in [-0.2, -0.15) is 0 Å². The van der Waals surface area contributed by atoms with Crippen molar-refractivity contribution in [3.63, 3.8) is 0 Å². The highest BCUT2D eigenvalue weighted by Gasteiger charge is 2.19. The number of hydrogen-bond acceptors (Lipinski definition) is 5. The lowest BCUT2D eigenvalue weighted by Crippen LogP contribution is -2.29. The number of aryl methyl sites for hydroxylation is 1. The number of furan rings is 1. The van der Waals surface area contributed by atoms with Gasteiger partial charge in [-0.25, -0.2) is 15.4 Å². The summed E-state index contributed by atoms with van der Waals surface area (Å²) in [5, 5.41) is 1.60. The van der Waals surface area contributed by atoms with E-state index in [1.54, 1.807) is 18.3 Å². The molecule has 3 rings (SSSR count). The molecule has 1 aromatic carbocycles. The molecule has 20 heavy (non-hydrogen) atoms. The van der Waals surface area contributed by atoms with Crippen LogP contribution in [0.5, 0.6) is 0 Å². The number of fused-ring (bicyclic) bond motifs is 1. The minimum absolute atomic E-state index is 0.331. The smallest absolute Gasteiger partial charge is 0.134 e. The summed E-state index contributed by atoms with van der Waals surface area (Å²) in [5.41, 5.74) is 4.23. The quantitative estimate of drug-likeness (QED) is 0.572. The summed E-state index contributed by atoms with van der Waals surface area (Å²) in [7, 11) is 0. The van der Waals surface area contributed by atoms with Crippen molar-refractivity contribution in [2.75, 3.05) is 0 Å². The number of nitrogens with two attached hydrogens (primary N) is 1. The first kappa shape index (κ1) is 13.1. The zero-order valence-electron chi connectivity index (χ0n) is 10.8. The van der Waals surface area contributed by atoms with E-state index in [4.69, 9.17) is 21.9 Å². The van der Waals surface area contributed by atoms with Gasteiger partial charge in [-0.1, -0.05) is 11.6 Å². The first-order valence-corrected chi connectivity index (χ1v) is 6.50. The van der Waals surface area contributed by atoms with E-state index < -0.39 is 0 Å². The number of nitrogens with zero attached hydrogens (tertiary/aromatic N) is 2. The predicted molar refractivity (Wildman–Crippen MR) is 77.2 cm³/mol. The zero-order chi connectivity index (χ0) is 14.1. The molecule has 3 aromatic rings. The fourth-order valence-electron chi connectivity index (χ4n) is 2.13. The Morgan fingerprint density at radius 2 is 2.15 bits per heavy atom. The molecule has 0 aliphatic carbocycles. The molecule has 5 nitrogen and oxygen atoms in total. The van der Waals surface area contributed by atoms with Crippen LogP contribution in [0.2, 0.25) is 5.02 Å². The maximum Gasteiger partial charge on any atom is 0.134 e. The normalized spacial score (nSPS) is 12.8. The van der Waals surface area contributed by atoms with Crippen molar-refractivity contribution in [1.29, 1.82) is 0 Å². The summed E-state index contributed by atoms with van der Waals surface area (Å²) in [6.07, 6.45) is 1.70. The van der Waals surface area contributed by atoms with Crippen molar-refractivity contribution in [3.8, 4) is 0 Å². The van der Waals surface area contributed by atoms with Gasteiger partial charge >= 0.3 is 0 Å². The summed E-state index contributed by atoms with van der Waals surface area (Å²) in [6.45, 7) is 1.83. The Morgan fingerprint density at radius 3 is 2.90 bits per heavy atom. The summed E-state index contributed by atoms with van der Waals surface area (Å²) >= 11 is 5.98. The van der Waals surface area contributed by atoms with Gasteiger partial charge in [-0.05, 0) is 37.3 Å². The predicted octanol–water partition coefficient (Wildman–Crippen LogP) is 2.74. The van der Waals surface area contributed by atoms with Gasteiger partial charge in [0.25, 0.3) is 0 Å². The summed E-state index contributed by atoms with van der Waals surface area (Å²) in [6, 6.07) is 8.85. The van der Waals surface area contributed by atoms with Crippen LogP contribution in [-0.4, -0.2) is 9.97 Å². The van der Waals surface area contributed by atoms with Gasteiger partial charge in [0.2, 0.25) is 0 Å². The highest BCUT2D eigenvalue weighted by atomic mass is 35.5. The third-order valence-corrected chi connectivity index (χ3v) is 3.28. The van der Waals surface area contributed by atoms with E-state index in [1.807, 2.05) is 25.1 Å². The van der Waals surface area contributed by atoms with Gasteiger partial charge in [0.1, 0.15) is 23.2 Å². The molecule has 1 unspecified atom stereocenters. The van der Waals surface area contributed by atoms with Crippen molar-refractivity contribution in [3.05, 3.63) is 58.8 Å². The molecule has 0 aliphatic rings. The van der Waals surface area contributed by atoms with E-state index in [0.29, 0.717) is 16.6 Å². The Bertz CT molecular complexity index is 756. The van der Waals surface area contributed by atoms with Crippen LogP contribution in [0.25, 0.3) is 11.0 Å². The molecule has 3 N–H and O–H groups in total. The third-order valence-electron chi connectivity index (χ3n) is 3.04. The lowest BCUT2D eigenvalue weighted by molar-refractivity contribution is 0.470. The molecule has 0 fully saturated rings. The van der Waals surface area contributed by atoms with E-state index in [1.165, 1.54) is 0 Å². The molecule has 0 aliphatic heterocycles. The monoisotopic (exact) mass is 288 g/mol. The van der Waals surface area contributed by atoms with Crippen molar-refractivity contribution in [1.82, 2.24) is 15.4 Å². The van der Waals surface area contributed by atoms with Crippen molar-refractivity contribution < 1.29 is 4.42 Å². The molecule has 0 saturated carbocycles. The SMILES string of the molecule is Cc1nccc(C(NN)c2cc3cc(Cl)ccc3o2)n1. The summed E-state index contributed by atoms with van der Waals surface area (Å²) in [5.74, 6) is 7.01. The maximum atomic E-state index is 5.98. The Labute approximate surface area is 120 Å². The molecule has 102 valence electrons. The van der Waals surface area contributed by atoms with Crippen LogP contribution in [0.3, 0.4) is 0 Å². The topological polar surface area (TPSA) is 77.0 Å². The number of rotatable bonds is 3. The molecule has 0 radical (unpaired) electrons. The minimum atomic E-state index is -0.331. The maximum absolute atomic E-state index is 5.98. The number of hydrazine groups is 1. The highest BCUT2D eigenvalue weighted by molar-refractivity contribution is 6.31. The van der Waals surface area contributed by atoms with E-state index in [-0.39, 0.29) is 6.04 Å². The lowest BCUT2D eigenvalue weighted by atomic mass is 10.1. The average molecular weight is 289 g/mol.